The van der Waals surface area contributed by atoms with E-state index in [0.717, 1.165) is 18.0 Å². The van der Waals surface area contributed by atoms with Crippen LogP contribution in [0.2, 0.25) is 0 Å². The van der Waals surface area contributed by atoms with E-state index in [0.29, 0.717) is 6.04 Å². The van der Waals surface area contributed by atoms with Gasteiger partial charge in [0.1, 0.15) is 0 Å². The van der Waals surface area contributed by atoms with Crippen molar-refractivity contribution in [3.8, 4) is 0 Å². The lowest BCUT2D eigenvalue weighted by atomic mass is 9.88. The van der Waals surface area contributed by atoms with Crippen molar-refractivity contribution in [3.63, 3.8) is 0 Å². The van der Waals surface area contributed by atoms with Crippen molar-refractivity contribution in [1.29, 1.82) is 0 Å². The lowest BCUT2D eigenvalue weighted by Gasteiger charge is -2.43. The molecular weight excluding hydrogens is 400 g/mol. The van der Waals surface area contributed by atoms with E-state index in [2.05, 4.69) is 60.5 Å². The fourth-order valence-corrected chi connectivity index (χ4v) is 5.93. The van der Waals surface area contributed by atoms with Crippen molar-refractivity contribution in [1.82, 2.24) is 19.6 Å². The first-order chi connectivity index (χ1) is 14.9. The molecule has 2 aliphatic heterocycles. The summed E-state index contributed by atoms with van der Waals surface area (Å²) in [6, 6.07) is 2.18. The Labute approximate surface area is 200 Å². The Balaban J connectivity index is 0.000000303. The summed E-state index contributed by atoms with van der Waals surface area (Å²) >= 11 is 1.93. The molecule has 3 rings (SSSR count). The van der Waals surface area contributed by atoms with Gasteiger partial charge < -0.3 is 4.90 Å². The van der Waals surface area contributed by atoms with Gasteiger partial charge in [-0.25, -0.2) is 0 Å². The SMILES string of the molecule is CC.CC(C)N1CCN(CC2CCCCC2)C[C@@H]1C.CSCN1CCN(C(C)C)CC1. The van der Waals surface area contributed by atoms with Crippen LogP contribution in [0.1, 0.15) is 80.6 Å². The highest BCUT2D eigenvalue weighted by Gasteiger charge is 2.27. The van der Waals surface area contributed by atoms with Crippen LogP contribution in [0.5, 0.6) is 0 Å². The summed E-state index contributed by atoms with van der Waals surface area (Å²) in [5.41, 5.74) is 0. The molecule has 2 saturated heterocycles. The second-order valence-corrected chi connectivity index (χ2v) is 10.9. The second-order valence-electron chi connectivity index (χ2n) is 10.1. The number of rotatable bonds is 6. The summed E-state index contributed by atoms with van der Waals surface area (Å²) in [6.07, 6.45) is 9.58. The molecule has 0 spiro atoms. The zero-order valence-electron chi connectivity index (χ0n) is 22.4. The summed E-state index contributed by atoms with van der Waals surface area (Å²) in [7, 11) is 0. The van der Waals surface area contributed by atoms with Gasteiger partial charge in [-0.05, 0) is 59.6 Å². The van der Waals surface area contributed by atoms with Crippen molar-refractivity contribution in [2.75, 3.05) is 64.5 Å². The van der Waals surface area contributed by atoms with Crippen LogP contribution in [0, 0.1) is 5.92 Å². The van der Waals surface area contributed by atoms with Gasteiger partial charge in [0, 0.05) is 76.4 Å². The fraction of sp³-hybridized carbons (Fsp3) is 1.00. The monoisotopic (exact) mass is 456 g/mol. The summed E-state index contributed by atoms with van der Waals surface area (Å²) in [5, 5.41) is 0. The first-order valence-electron chi connectivity index (χ1n) is 13.3. The zero-order valence-corrected chi connectivity index (χ0v) is 23.2. The van der Waals surface area contributed by atoms with Crippen LogP contribution in [0.25, 0.3) is 0 Å². The Morgan fingerprint density at radius 3 is 1.84 bits per heavy atom. The lowest BCUT2D eigenvalue weighted by Crippen LogP contribution is -2.54. The van der Waals surface area contributed by atoms with Gasteiger partial charge in [-0.15, -0.1) is 11.8 Å². The molecule has 0 unspecified atom stereocenters. The molecule has 1 atom stereocenters. The van der Waals surface area contributed by atoms with Gasteiger partial charge in [-0.3, -0.25) is 14.7 Å². The van der Waals surface area contributed by atoms with Crippen molar-refractivity contribution in [2.45, 2.75) is 98.7 Å². The molecule has 0 N–H and O–H groups in total. The van der Waals surface area contributed by atoms with Gasteiger partial charge in [0.15, 0.2) is 0 Å². The molecule has 0 aromatic rings. The third-order valence-corrected chi connectivity index (χ3v) is 7.74. The Morgan fingerprint density at radius 2 is 1.35 bits per heavy atom. The second kappa shape index (κ2) is 16.7. The average molecular weight is 457 g/mol. The quantitative estimate of drug-likeness (QED) is 0.533. The Morgan fingerprint density at radius 1 is 0.774 bits per heavy atom. The Bertz CT molecular complexity index is 418. The first kappa shape index (κ1) is 29.2. The standard InChI is InChI=1S/C15H30N2.C9H20N2S.C2H6/c1-13(2)17-10-9-16(11-14(17)3)12-15-7-5-4-6-8-15;1-9(2)11-6-4-10(5-7-11)8-12-3;1-2/h13-15H,4-12H2,1-3H3;9H,4-8H2,1-3H3;1-2H3/t14-;;/m0../s1. The van der Waals surface area contributed by atoms with Crippen LogP contribution in [0.15, 0.2) is 0 Å². The number of thioether (sulfide) groups is 1. The van der Waals surface area contributed by atoms with Gasteiger partial charge in [0.25, 0.3) is 0 Å². The van der Waals surface area contributed by atoms with Crippen LogP contribution in [0.4, 0.5) is 0 Å². The van der Waals surface area contributed by atoms with E-state index in [9.17, 15) is 0 Å². The van der Waals surface area contributed by atoms with E-state index in [1.807, 2.05) is 25.6 Å². The third kappa shape index (κ3) is 11.2. The molecule has 0 amide bonds. The zero-order chi connectivity index (χ0) is 23.2. The van der Waals surface area contributed by atoms with E-state index in [4.69, 9.17) is 0 Å². The molecule has 0 aromatic carbocycles. The normalized spacial score (nSPS) is 25.2. The fourth-order valence-electron chi connectivity index (χ4n) is 5.31. The molecule has 186 valence electrons. The van der Waals surface area contributed by atoms with Crippen LogP contribution in [-0.2, 0) is 0 Å². The molecule has 2 heterocycles. The van der Waals surface area contributed by atoms with E-state index in [1.165, 1.54) is 90.3 Å². The molecule has 31 heavy (non-hydrogen) atoms. The van der Waals surface area contributed by atoms with Crippen LogP contribution >= 0.6 is 11.8 Å². The maximum absolute atomic E-state index is 2.72. The van der Waals surface area contributed by atoms with E-state index >= 15 is 0 Å². The highest BCUT2D eigenvalue weighted by Crippen LogP contribution is 2.25. The van der Waals surface area contributed by atoms with Gasteiger partial charge >= 0.3 is 0 Å². The topological polar surface area (TPSA) is 13.0 Å². The number of piperazine rings is 2. The predicted molar refractivity (Wildman–Crippen MR) is 142 cm³/mol. The molecular formula is C26H56N4S. The van der Waals surface area contributed by atoms with Crippen LogP contribution in [0.3, 0.4) is 0 Å². The molecule has 3 fully saturated rings. The molecule has 0 bridgehead atoms. The number of hydrogen-bond donors (Lipinski definition) is 0. The summed E-state index contributed by atoms with van der Waals surface area (Å²) in [6.45, 7) is 25.8. The van der Waals surface area contributed by atoms with Crippen molar-refractivity contribution in [2.24, 2.45) is 5.92 Å². The van der Waals surface area contributed by atoms with Crippen molar-refractivity contribution < 1.29 is 0 Å². The predicted octanol–water partition coefficient (Wildman–Crippen LogP) is 5.34. The molecule has 1 aliphatic carbocycles. The molecule has 4 nitrogen and oxygen atoms in total. The van der Waals surface area contributed by atoms with Crippen LogP contribution < -0.4 is 0 Å². The molecule has 5 heteroatoms. The highest BCUT2D eigenvalue weighted by atomic mass is 32.2. The maximum atomic E-state index is 2.72. The van der Waals surface area contributed by atoms with E-state index in [-0.39, 0.29) is 0 Å². The lowest BCUT2D eigenvalue weighted by molar-refractivity contribution is 0.0485. The molecule has 0 aromatic heterocycles. The number of hydrogen-bond acceptors (Lipinski definition) is 5. The molecule has 1 saturated carbocycles. The minimum Gasteiger partial charge on any atom is -0.300 e. The van der Waals surface area contributed by atoms with Gasteiger partial charge in [0.05, 0.1) is 0 Å². The average Bonchev–Trinajstić information content (AvgIpc) is 2.77. The van der Waals surface area contributed by atoms with E-state index < -0.39 is 0 Å². The number of nitrogens with zero attached hydrogens (tertiary/aromatic N) is 4. The van der Waals surface area contributed by atoms with Gasteiger partial charge in [0.2, 0.25) is 0 Å². The molecule has 0 radical (unpaired) electrons. The minimum absolute atomic E-state index is 0.710. The third-order valence-electron chi connectivity index (χ3n) is 7.12. The summed E-state index contributed by atoms with van der Waals surface area (Å²) in [5.74, 6) is 2.20. The van der Waals surface area contributed by atoms with Crippen molar-refractivity contribution >= 4 is 11.8 Å². The Kier molecular flexibility index (Phi) is 15.8. The Hall–Kier alpha value is 0.190. The highest BCUT2D eigenvalue weighted by molar-refractivity contribution is 7.98. The smallest absolute Gasteiger partial charge is 0.0442 e. The van der Waals surface area contributed by atoms with Gasteiger partial charge in [-0.1, -0.05) is 33.1 Å². The minimum atomic E-state index is 0.710. The summed E-state index contributed by atoms with van der Waals surface area (Å²) in [4.78, 5) is 10.5. The van der Waals surface area contributed by atoms with E-state index in [1.54, 1.807) is 0 Å². The maximum Gasteiger partial charge on any atom is 0.0442 e. The first-order valence-corrected chi connectivity index (χ1v) is 14.7. The largest absolute Gasteiger partial charge is 0.300 e. The van der Waals surface area contributed by atoms with Crippen LogP contribution in [-0.4, -0.2) is 102 Å². The van der Waals surface area contributed by atoms with Gasteiger partial charge in [-0.2, -0.15) is 0 Å². The molecule has 3 aliphatic rings. The summed E-state index contributed by atoms with van der Waals surface area (Å²) < 4.78 is 0. The van der Waals surface area contributed by atoms with Crippen molar-refractivity contribution in [3.05, 3.63) is 0 Å².